The van der Waals surface area contributed by atoms with E-state index in [-0.39, 0.29) is 6.10 Å². The first kappa shape index (κ1) is 11.2. The molecule has 14 heavy (non-hydrogen) atoms. The van der Waals surface area contributed by atoms with Gasteiger partial charge < -0.3 is 10.4 Å². The van der Waals surface area contributed by atoms with Gasteiger partial charge in [-0.05, 0) is 12.0 Å². The zero-order valence-electron chi connectivity index (χ0n) is 8.74. The van der Waals surface area contributed by atoms with Gasteiger partial charge in [0.25, 0.3) is 0 Å². The van der Waals surface area contributed by atoms with E-state index in [1.165, 1.54) is 5.56 Å². The molecule has 0 unspecified atom stereocenters. The number of hydrogen-bond donors (Lipinski definition) is 2. The Bertz CT molecular complexity index is 235. The predicted molar refractivity (Wildman–Crippen MR) is 59.1 cm³/mol. The van der Waals surface area contributed by atoms with Gasteiger partial charge in [-0.15, -0.1) is 0 Å². The Hall–Kier alpha value is -0.860. The Morgan fingerprint density at radius 3 is 2.64 bits per heavy atom. The van der Waals surface area contributed by atoms with Crippen LogP contribution in [0.15, 0.2) is 30.3 Å². The molecule has 0 aliphatic heterocycles. The van der Waals surface area contributed by atoms with Crippen molar-refractivity contribution in [3.05, 3.63) is 35.9 Å². The number of benzene rings is 1. The quantitative estimate of drug-likeness (QED) is 0.723. The molecule has 78 valence electrons. The van der Waals surface area contributed by atoms with E-state index < -0.39 is 0 Å². The average molecular weight is 193 g/mol. The second kappa shape index (κ2) is 6.57. The van der Waals surface area contributed by atoms with Crippen LogP contribution in [0.2, 0.25) is 0 Å². The Labute approximate surface area is 86.0 Å². The molecular weight excluding hydrogens is 174 g/mol. The van der Waals surface area contributed by atoms with Crippen molar-refractivity contribution >= 4 is 0 Å². The number of nitrogens with one attached hydrogen (secondary N) is 1. The van der Waals surface area contributed by atoms with Crippen molar-refractivity contribution in [3.63, 3.8) is 0 Å². The molecule has 1 atom stereocenters. The number of rotatable bonds is 6. The minimum absolute atomic E-state index is 0.205. The van der Waals surface area contributed by atoms with Gasteiger partial charge in [0.1, 0.15) is 0 Å². The lowest BCUT2D eigenvalue weighted by molar-refractivity contribution is 0.160. The molecule has 0 bridgehead atoms. The highest BCUT2D eigenvalue weighted by atomic mass is 16.3. The third kappa shape index (κ3) is 4.40. The van der Waals surface area contributed by atoms with Crippen molar-refractivity contribution in [1.29, 1.82) is 0 Å². The normalized spacial score (nSPS) is 12.7. The van der Waals surface area contributed by atoms with Crippen LogP contribution >= 0.6 is 0 Å². The minimum Gasteiger partial charge on any atom is -0.392 e. The van der Waals surface area contributed by atoms with Gasteiger partial charge in [0.15, 0.2) is 0 Å². The van der Waals surface area contributed by atoms with Crippen LogP contribution in [0.1, 0.15) is 25.3 Å². The van der Waals surface area contributed by atoms with Crippen LogP contribution in [0.5, 0.6) is 0 Å². The summed E-state index contributed by atoms with van der Waals surface area (Å²) in [5.41, 5.74) is 1.26. The van der Waals surface area contributed by atoms with E-state index in [1.54, 1.807) is 0 Å². The number of aliphatic hydroxyl groups is 1. The summed E-state index contributed by atoms with van der Waals surface area (Å²) in [5, 5.41) is 12.7. The first-order valence-electron chi connectivity index (χ1n) is 5.25. The maximum Gasteiger partial charge on any atom is 0.0664 e. The largest absolute Gasteiger partial charge is 0.392 e. The SMILES string of the molecule is CCC[C@@H](O)CNCc1ccccc1. The van der Waals surface area contributed by atoms with Crippen LogP contribution in [0.4, 0.5) is 0 Å². The summed E-state index contributed by atoms with van der Waals surface area (Å²) in [6.07, 6.45) is 1.71. The Balaban J connectivity index is 2.16. The second-order valence-electron chi connectivity index (χ2n) is 3.56. The standard InChI is InChI=1S/C12H19NO/c1-2-6-12(14)10-13-9-11-7-4-3-5-8-11/h3-5,7-8,12-14H,2,6,9-10H2,1H3/t12-/m1/s1. The summed E-state index contributed by atoms with van der Waals surface area (Å²) >= 11 is 0. The van der Waals surface area contributed by atoms with Gasteiger partial charge in [0.05, 0.1) is 6.10 Å². The molecule has 0 amide bonds. The van der Waals surface area contributed by atoms with Crippen LogP contribution in [0.3, 0.4) is 0 Å². The Morgan fingerprint density at radius 1 is 1.29 bits per heavy atom. The summed E-state index contributed by atoms with van der Waals surface area (Å²) in [6.45, 7) is 3.60. The van der Waals surface area contributed by atoms with Crippen LogP contribution in [0.25, 0.3) is 0 Å². The molecular formula is C12H19NO. The summed E-state index contributed by atoms with van der Waals surface area (Å²) in [6, 6.07) is 10.2. The molecule has 1 rings (SSSR count). The van der Waals surface area contributed by atoms with Gasteiger partial charge in [-0.25, -0.2) is 0 Å². The fourth-order valence-corrected chi connectivity index (χ4v) is 1.41. The number of hydrogen-bond acceptors (Lipinski definition) is 2. The molecule has 2 N–H and O–H groups in total. The molecule has 0 heterocycles. The van der Waals surface area contributed by atoms with E-state index in [0.29, 0.717) is 6.54 Å². The molecule has 0 spiro atoms. The lowest BCUT2D eigenvalue weighted by Gasteiger charge is -2.10. The molecule has 0 saturated heterocycles. The molecule has 0 aliphatic rings. The lowest BCUT2D eigenvalue weighted by Crippen LogP contribution is -2.26. The summed E-state index contributed by atoms with van der Waals surface area (Å²) in [5.74, 6) is 0. The minimum atomic E-state index is -0.205. The van der Waals surface area contributed by atoms with E-state index >= 15 is 0 Å². The van der Waals surface area contributed by atoms with Gasteiger partial charge >= 0.3 is 0 Å². The highest BCUT2D eigenvalue weighted by Gasteiger charge is 2.00. The topological polar surface area (TPSA) is 32.3 Å². The molecule has 0 aromatic heterocycles. The molecule has 0 radical (unpaired) electrons. The summed E-state index contributed by atoms with van der Waals surface area (Å²) < 4.78 is 0. The molecule has 1 aromatic rings. The van der Waals surface area contributed by atoms with Crippen LogP contribution < -0.4 is 5.32 Å². The van der Waals surface area contributed by atoms with Gasteiger partial charge in [-0.1, -0.05) is 43.7 Å². The first-order valence-corrected chi connectivity index (χ1v) is 5.25. The van der Waals surface area contributed by atoms with Crippen molar-refractivity contribution in [2.45, 2.75) is 32.4 Å². The monoisotopic (exact) mass is 193 g/mol. The third-order valence-electron chi connectivity index (χ3n) is 2.17. The van der Waals surface area contributed by atoms with E-state index in [1.807, 2.05) is 18.2 Å². The molecule has 0 saturated carbocycles. The van der Waals surface area contributed by atoms with Crippen molar-refractivity contribution in [2.24, 2.45) is 0 Å². The van der Waals surface area contributed by atoms with Crippen molar-refractivity contribution in [1.82, 2.24) is 5.32 Å². The van der Waals surface area contributed by atoms with Crippen molar-refractivity contribution in [3.8, 4) is 0 Å². The smallest absolute Gasteiger partial charge is 0.0664 e. The van der Waals surface area contributed by atoms with Crippen molar-refractivity contribution in [2.75, 3.05) is 6.54 Å². The Kier molecular flexibility index (Phi) is 5.27. The summed E-state index contributed by atoms with van der Waals surface area (Å²) in [4.78, 5) is 0. The van der Waals surface area contributed by atoms with Gasteiger partial charge in [-0.3, -0.25) is 0 Å². The predicted octanol–water partition coefficient (Wildman–Crippen LogP) is 1.94. The lowest BCUT2D eigenvalue weighted by atomic mass is 10.2. The van der Waals surface area contributed by atoms with Gasteiger partial charge in [0, 0.05) is 13.1 Å². The zero-order valence-corrected chi connectivity index (χ0v) is 8.74. The van der Waals surface area contributed by atoms with E-state index in [4.69, 9.17) is 0 Å². The fourth-order valence-electron chi connectivity index (χ4n) is 1.41. The maximum atomic E-state index is 9.46. The molecule has 1 aromatic carbocycles. The number of aliphatic hydroxyl groups excluding tert-OH is 1. The second-order valence-corrected chi connectivity index (χ2v) is 3.56. The highest BCUT2D eigenvalue weighted by molar-refractivity contribution is 5.14. The van der Waals surface area contributed by atoms with E-state index in [0.717, 1.165) is 19.4 Å². The van der Waals surface area contributed by atoms with Crippen molar-refractivity contribution < 1.29 is 5.11 Å². The van der Waals surface area contributed by atoms with E-state index in [2.05, 4.69) is 24.4 Å². The fraction of sp³-hybridized carbons (Fsp3) is 0.500. The van der Waals surface area contributed by atoms with Gasteiger partial charge in [-0.2, -0.15) is 0 Å². The van der Waals surface area contributed by atoms with E-state index in [9.17, 15) is 5.11 Å². The highest BCUT2D eigenvalue weighted by Crippen LogP contribution is 1.98. The first-order chi connectivity index (χ1) is 6.83. The van der Waals surface area contributed by atoms with Crippen LogP contribution in [-0.4, -0.2) is 17.8 Å². The Morgan fingerprint density at radius 2 is 2.00 bits per heavy atom. The molecule has 0 fully saturated rings. The zero-order chi connectivity index (χ0) is 10.2. The van der Waals surface area contributed by atoms with Crippen LogP contribution in [0, 0.1) is 0 Å². The van der Waals surface area contributed by atoms with Gasteiger partial charge in [0.2, 0.25) is 0 Å². The third-order valence-corrected chi connectivity index (χ3v) is 2.17. The average Bonchev–Trinajstić information content (AvgIpc) is 2.20. The maximum absolute atomic E-state index is 9.46. The summed E-state index contributed by atoms with van der Waals surface area (Å²) in [7, 11) is 0. The molecule has 2 nitrogen and oxygen atoms in total. The molecule has 2 heteroatoms. The molecule has 0 aliphatic carbocycles. The van der Waals surface area contributed by atoms with Crippen LogP contribution in [-0.2, 0) is 6.54 Å².